The van der Waals surface area contributed by atoms with Crippen LogP contribution in [0.25, 0.3) is 0 Å². The van der Waals surface area contributed by atoms with Crippen LogP contribution in [0, 0.1) is 0 Å². The van der Waals surface area contributed by atoms with E-state index < -0.39 is 0 Å². The molecule has 0 radical (unpaired) electrons. The van der Waals surface area contributed by atoms with Crippen LogP contribution in [-0.2, 0) is 9.47 Å². The first kappa shape index (κ1) is 10.5. The van der Waals surface area contributed by atoms with Gasteiger partial charge in [0.05, 0.1) is 6.10 Å². The Bertz CT molecular complexity index is 228. The maximum Gasteiger partial charge on any atom is 0.147 e. The molecule has 0 unspecified atom stereocenters. The number of methoxy groups -OCH3 is 1. The van der Waals surface area contributed by atoms with E-state index in [0.29, 0.717) is 6.79 Å². The van der Waals surface area contributed by atoms with Gasteiger partial charge in [-0.15, -0.1) is 0 Å². The Kier molecular flexibility index (Phi) is 3.70. The molecule has 0 aromatic carbocycles. The Hall–Kier alpha value is -0.600. The second kappa shape index (κ2) is 4.58. The maximum atomic E-state index is 5.53. The highest BCUT2D eigenvalue weighted by atomic mass is 16.7. The van der Waals surface area contributed by atoms with Gasteiger partial charge in [-0.2, -0.15) is 0 Å². The Balaban J connectivity index is 2.61. The molecule has 0 saturated heterocycles. The molecule has 0 spiro atoms. The van der Waals surface area contributed by atoms with Crippen LogP contribution in [0.1, 0.15) is 26.7 Å². The molecule has 2 heteroatoms. The van der Waals surface area contributed by atoms with E-state index >= 15 is 0 Å². The zero-order valence-electron chi connectivity index (χ0n) is 8.72. The average Bonchev–Trinajstić information content (AvgIpc) is 2.38. The Morgan fingerprint density at radius 2 is 2.23 bits per heavy atom. The molecule has 0 bridgehead atoms. The minimum atomic E-state index is 0.197. The first-order chi connectivity index (χ1) is 6.20. The topological polar surface area (TPSA) is 18.5 Å². The molecule has 2 nitrogen and oxygen atoms in total. The summed E-state index contributed by atoms with van der Waals surface area (Å²) in [6, 6.07) is 0. The van der Waals surface area contributed by atoms with Gasteiger partial charge >= 0.3 is 0 Å². The normalized spacial score (nSPS) is 23.0. The number of hydrogen-bond acceptors (Lipinski definition) is 2. The van der Waals surface area contributed by atoms with Crippen LogP contribution in [-0.4, -0.2) is 20.0 Å². The van der Waals surface area contributed by atoms with Crippen LogP contribution in [0.3, 0.4) is 0 Å². The molecule has 0 amide bonds. The van der Waals surface area contributed by atoms with Crippen molar-refractivity contribution in [1.82, 2.24) is 0 Å². The maximum absolute atomic E-state index is 5.53. The largest absolute Gasteiger partial charge is 0.359 e. The van der Waals surface area contributed by atoms with Crippen molar-refractivity contribution in [3.63, 3.8) is 0 Å². The lowest BCUT2D eigenvalue weighted by Crippen LogP contribution is -2.12. The van der Waals surface area contributed by atoms with E-state index in [9.17, 15) is 0 Å². The van der Waals surface area contributed by atoms with Gasteiger partial charge in [0.15, 0.2) is 0 Å². The van der Waals surface area contributed by atoms with Crippen molar-refractivity contribution in [2.45, 2.75) is 32.8 Å². The van der Waals surface area contributed by atoms with Crippen LogP contribution in [0.5, 0.6) is 0 Å². The molecular formula is C11H18O2. The fourth-order valence-corrected chi connectivity index (χ4v) is 1.84. The van der Waals surface area contributed by atoms with E-state index in [4.69, 9.17) is 9.47 Å². The quantitative estimate of drug-likeness (QED) is 0.622. The summed E-state index contributed by atoms with van der Waals surface area (Å²) in [5.41, 5.74) is 3.92. The molecule has 0 saturated carbocycles. The lowest BCUT2D eigenvalue weighted by Gasteiger charge is -2.11. The molecule has 13 heavy (non-hydrogen) atoms. The van der Waals surface area contributed by atoms with Gasteiger partial charge in [-0.1, -0.05) is 13.5 Å². The fraction of sp³-hybridized carbons (Fsp3) is 0.636. The third kappa shape index (κ3) is 2.20. The summed E-state index contributed by atoms with van der Waals surface area (Å²) in [5, 5.41) is 0. The highest BCUT2D eigenvalue weighted by molar-refractivity contribution is 5.41. The first-order valence-corrected chi connectivity index (χ1v) is 4.69. The van der Waals surface area contributed by atoms with Gasteiger partial charge in [0.1, 0.15) is 6.79 Å². The van der Waals surface area contributed by atoms with Gasteiger partial charge in [0, 0.05) is 13.5 Å². The highest BCUT2D eigenvalue weighted by Gasteiger charge is 2.24. The summed E-state index contributed by atoms with van der Waals surface area (Å²) >= 11 is 0. The Morgan fingerprint density at radius 1 is 1.54 bits per heavy atom. The van der Waals surface area contributed by atoms with Crippen molar-refractivity contribution < 1.29 is 9.47 Å². The van der Waals surface area contributed by atoms with Crippen molar-refractivity contribution in [3.8, 4) is 0 Å². The van der Waals surface area contributed by atoms with Gasteiger partial charge in [-0.05, 0) is 30.1 Å². The number of hydrogen-bond donors (Lipinski definition) is 0. The lowest BCUT2D eigenvalue weighted by atomic mass is 10.1. The van der Waals surface area contributed by atoms with Crippen molar-refractivity contribution >= 4 is 0 Å². The SMILES string of the molecule is C=C1C[C@H](OCOC)C(C)=C1CC. The van der Waals surface area contributed by atoms with Crippen LogP contribution >= 0.6 is 0 Å². The molecular weight excluding hydrogens is 164 g/mol. The molecule has 0 N–H and O–H groups in total. The van der Waals surface area contributed by atoms with E-state index in [0.717, 1.165) is 12.8 Å². The molecule has 1 rings (SSSR count). The minimum Gasteiger partial charge on any atom is -0.359 e. The molecule has 1 atom stereocenters. The summed E-state index contributed by atoms with van der Waals surface area (Å²) < 4.78 is 10.4. The third-order valence-electron chi connectivity index (χ3n) is 2.56. The minimum absolute atomic E-state index is 0.197. The van der Waals surface area contributed by atoms with E-state index in [-0.39, 0.29) is 6.10 Å². The molecule has 0 aromatic rings. The third-order valence-corrected chi connectivity index (χ3v) is 2.56. The standard InChI is InChI=1S/C11H18O2/c1-5-10-8(2)6-11(9(10)3)13-7-12-4/h11H,2,5-7H2,1,3-4H3/t11-/m0/s1. The van der Waals surface area contributed by atoms with Gasteiger partial charge in [0.25, 0.3) is 0 Å². The van der Waals surface area contributed by atoms with Crippen LogP contribution in [0.15, 0.2) is 23.3 Å². The summed E-state index contributed by atoms with van der Waals surface area (Å²) in [6.45, 7) is 8.68. The molecule has 1 aliphatic carbocycles. The second-order valence-electron chi connectivity index (χ2n) is 3.38. The molecule has 0 fully saturated rings. The van der Waals surface area contributed by atoms with Crippen molar-refractivity contribution in [3.05, 3.63) is 23.3 Å². The monoisotopic (exact) mass is 182 g/mol. The predicted octanol–water partition coefficient (Wildman–Crippen LogP) is 2.66. The van der Waals surface area contributed by atoms with E-state index in [1.807, 2.05) is 0 Å². The Labute approximate surface area is 80.2 Å². The van der Waals surface area contributed by atoms with Gasteiger partial charge in [-0.3, -0.25) is 0 Å². The molecule has 0 aliphatic heterocycles. The number of allylic oxidation sites excluding steroid dienone is 1. The van der Waals surface area contributed by atoms with Crippen molar-refractivity contribution in [2.24, 2.45) is 0 Å². The number of ether oxygens (including phenoxy) is 2. The summed E-state index contributed by atoms with van der Waals surface area (Å²) in [6.07, 6.45) is 2.18. The van der Waals surface area contributed by atoms with Crippen LogP contribution < -0.4 is 0 Å². The van der Waals surface area contributed by atoms with Gasteiger partial charge < -0.3 is 9.47 Å². The molecule has 0 aromatic heterocycles. The van der Waals surface area contributed by atoms with Gasteiger partial charge in [-0.25, -0.2) is 0 Å². The van der Waals surface area contributed by atoms with Crippen molar-refractivity contribution in [1.29, 1.82) is 0 Å². The van der Waals surface area contributed by atoms with Crippen molar-refractivity contribution in [2.75, 3.05) is 13.9 Å². The zero-order chi connectivity index (χ0) is 9.84. The fourth-order valence-electron chi connectivity index (χ4n) is 1.84. The van der Waals surface area contributed by atoms with E-state index in [1.165, 1.54) is 16.7 Å². The van der Waals surface area contributed by atoms with E-state index in [1.54, 1.807) is 7.11 Å². The van der Waals surface area contributed by atoms with E-state index in [2.05, 4.69) is 20.4 Å². The zero-order valence-corrected chi connectivity index (χ0v) is 8.72. The highest BCUT2D eigenvalue weighted by Crippen LogP contribution is 2.33. The summed E-state index contributed by atoms with van der Waals surface area (Å²) in [7, 11) is 1.64. The Morgan fingerprint density at radius 3 is 2.69 bits per heavy atom. The molecule has 74 valence electrons. The van der Waals surface area contributed by atoms with Gasteiger partial charge in [0.2, 0.25) is 0 Å². The first-order valence-electron chi connectivity index (χ1n) is 4.69. The molecule has 1 aliphatic rings. The summed E-state index contributed by atoms with van der Waals surface area (Å²) in [4.78, 5) is 0. The van der Waals surface area contributed by atoms with Crippen LogP contribution in [0.4, 0.5) is 0 Å². The molecule has 0 heterocycles. The lowest BCUT2D eigenvalue weighted by molar-refractivity contribution is -0.0565. The van der Waals surface area contributed by atoms with Crippen LogP contribution in [0.2, 0.25) is 0 Å². The second-order valence-corrected chi connectivity index (χ2v) is 3.38. The summed E-state index contributed by atoms with van der Waals surface area (Å²) in [5.74, 6) is 0. The average molecular weight is 182 g/mol. The predicted molar refractivity (Wildman–Crippen MR) is 53.5 cm³/mol. The number of rotatable bonds is 4. The smallest absolute Gasteiger partial charge is 0.147 e.